The number of benzene rings is 1. The van der Waals surface area contributed by atoms with Gasteiger partial charge in [0.1, 0.15) is 0 Å². The molecule has 0 heterocycles. The zero-order valence-electron chi connectivity index (χ0n) is 10.2. The molecule has 0 bridgehead atoms. The number of hydrogen-bond acceptors (Lipinski definition) is 1. The van der Waals surface area contributed by atoms with Crippen molar-refractivity contribution in [2.75, 3.05) is 0 Å². The highest BCUT2D eigenvalue weighted by Gasteiger charge is 2.28. The molecule has 88 valence electrons. The van der Waals surface area contributed by atoms with Crippen molar-refractivity contribution in [3.8, 4) is 0 Å². The van der Waals surface area contributed by atoms with Crippen molar-refractivity contribution in [3.05, 3.63) is 59.3 Å². The molecule has 2 rings (SSSR count). The van der Waals surface area contributed by atoms with Crippen LogP contribution in [-0.2, 0) is 0 Å². The van der Waals surface area contributed by atoms with Gasteiger partial charge < -0.3 is 4.98 Å². The summed E-state index contributed by atoms with van der Waals surface area (Å²) in [5.41, 5.74) is 0.732. The fourth-order valence-corrected chi connectivity index (χ4v) is 3.96. The minimum atomic E-state index is -1.84. The molecule has 1 aromatic rings. The molecule has 1 aliphatic rings. The van der Waals surface area contributed by atoms with Crippen molar-refractivity contribution in [3.63, 3.8) is 0 Å². The molecule has 0 radical (unpaired) electrons. The molecule has 17 heavy (non-hydrogen) atoms. The third-order valence-corrected chi connectivity index (χ3v) is 5.62. The van der Waals surface area contributed by atoms with E-state index in [1.54, 1.807) is 0 Å². The SMILES string of the molecule is C[Si](C)(NC(=O)c1ccccc1)C1=CCC=C1. The Kier molecular flexibility index (Phi) is 3.29. The summed E-state index contributed by atoms with van der Waals surface area (Å²) in [5, 5.41) is 1.31. The maximum atomic E-state index is 12.1. The zero-order valence-corrected chi connectivity index (χ0v) is 11.2. The third-order valence-electron chi connectivity index (χ3n) is 2.95. The number of carbonyl (C=O) groups excluding carboxylic acids is 1. The highest BCUT2D eigenvalue weighted by molar-refractivity contribution is 6.84. The summed E-state index contributed by atoms with van der Waals surface area (Å²) in [6, 6.07) is 9.38. The molecule has 1 amide bonds. The normalized spacial score (nSPS) is 14.6. The minimum absolute atomic E-state index is 0.0310. The predicted octanol–water partition coefficient (Wildman–Crippen LogP) is 3.05. The topological polar surface area (TPSA) is 29.1 Å². The Bertz CT molecular complexity index is 474. The van der Waals surface area contributed by atoms with Crippen LogP contribution in [-0.4, -0.2) is 14.1 Å². The molecule has 1 aliphatic carbocycles. The molecule has 0 fully saturated rings. The largest absolute Gasteiger partial charge is 0.374 e. The summed E-state index contributed by atoms with van der Waals surface area (Å²) in [7, 11) is -1.84. The monoisotopic (exact) mass is 243 g/mol. The van der Waals surface area contributed by atoms with Crippen molar-refractivity contribution in [2.24, 2.45) is 0 Å². The Hall–Kier alpha value is -1.61. The number of amides is 1. The second-order valence-corrected chi connectivity index (χ2v) is 8.82. The second kappa shape index (κ2) is 4.71. The first kappa shape index (κ1) is 11.9. The van der Waals surface area contributed by atoms with Gasteiger partial charge in [-0.2, -0.15) is 0 Å². The fraction of sp³-hybridized carbons (Fsp3) is 0.214. The van der Waals surface area contributed by atoms with Gasteiger partial charge in [0, 0.05) is 5.56 Å². The molecule has 0 spiro atoms. The molecule has 1 aromatic carbocycles. The Morgan fingerprint density at radius 3 is 2.53 bits per heavy atom. The molecule has 0 atom stereocenters. The lowest BCUT2D eigenvalue weighted by Crippen LogP contribution is -2.49. The molecule has 3 heteroatoms. The molecule has 0 unspecified atom stereocenters. The van der Waals surface area contributed by atoms with Crippen LogP contribution in [0.2, 0.25) is 13.1 Å². The Balaban J connectivity index is 2.11. The molecule has 0 aromatic heterocycles. The molecule has 0 saturated heterocycles. The van der Waals surface area contributed by atoms with Gasteiger partial charge in [0.15, 0.2) is 8.24 Å². The quantitative estimate of drug-likeness (QED) is 0.812. The third kappa shape index (κ3) is 2.74. The van der Waals surface area contributed by atoms with Crippen molar-refractivity contribution in [2.45, 2.75) is 19.5 Å². The number of allylic oxidation sites excluding steroid dienone is 4. The van der Waals surface area contributed by atoms with E-state index < -0.39 is 8.24 Å². The van der Waals surface area contributed by atoms with Crippen molar-refractivity contribution in [1.82, 2.24) is 4.98 Å². The minimum Gasteiger partial charge on any atom is -0.374 e. The summed E-state index contributed by atoms with van der Waals surface area (Å²) >= 11 is 0. The Labute approximate surface area is 103 Å². The van der Waals surface area contributed by atoms with Gasteiger partial charge in [0.05, 0.1) is 0 Å². The van der Waals surface area contributed by atoms with Gasteiger partial charge in [-0.15, -0.1) is 0 Å². The van der Waals surface area contributed by atoms with Gasteiger partial charge in [-0.3, -0.25) is 4.79 Å². The van der Waals surface area contributed by atoms with E-state index in [9.17, 15) is 4.79 Å². The molecular weight excluding hydrogens is 226 g/mol. The summed E-state index contributed by atoms with van der Waals surface area (Å²) in [6.07, 6.45) is 7.47. The number of rotatable bonds is 3. The van der Waals surface area contributed by atoms with Gasteiger partial charge in [0.2, 0.25) is 5.91 Å². The van der Waals surface area contributed by atoms with E-state index in [4.69, 9.17) is 0 Å². The first-order chi connectivity index (χ1) is 8.09. The maximum Gasteiger partial charge on any atom is 0.243 e. The summed E-state index contributed by atoms with van der Waals surface area (Å²) in [4.78, 5) is 15.3. The molecule has 2 nitrogen and oxygen atoms in total. The summed E-state index contributed by atoms with van der Waals surface area (Å²) in [6.45, 7) is 4.32. The van der Waals surface area contributed by atoms with Crippen LogP contribution in [0.3, 0.4) is 0 Å². The molecule has 1 N–H and O–H groups in total. The van der Waals surface area contributed by atoms with Gasteiger partial charge in [-0.05, 0) is 36.8 Å². The van der Waals surface area contributed by atoms with Crippen molar-refractivity contribution >= 4 is 14.1 Å². The Morgan fingerprint density at radius 1 is 1.24 bits per heavy atom. The van der Waals surface area contributed by atoms with Crippen LogP contribution in [0.25, 0.3) is 0 Å². The van der Waals surface area contributed by atoms with Gasteiger partial charge in [-0.1, -0.05) is 36.4 Å². The van der Waals surface area contributed by atoms with E-state index in [0.717, 1.165) is 12.0 Å². The lowest BCUT2D eigenvalue weighted by atomic mass is 10.2. The maximum absolute atomic E-state index is 12.1. The number of nitrogens with one attached hydrogen (secondary N) is 1. The number of carbonyl (C=O) groups is 1. The van der Waals surface area contributed by atoms with Crippen LogP contribution in [0.1, 0.15) is 16.8 Å². The molecule has 0 aliphatic heterocycles. The van der Waals surface area contributed by atoms with E-state index in [1.165, 1.54) is 5.20 Å². The molecule has 0 saturated carbocycles. The lowest BCUT2D eigenvalue weighted by Gasteiger charge is -2.24. The fourth-order valence-electron chi connectivity index (χ4n) is 1.94. The second-order valence-electron chi connectivity index (χ2n) is 4.74. The van der Waals surface area contributed by atoms with Gasteiger partial charge in [-0.25, -0.2) is 0 Å². The lowest BCUT2D eigenvalue weighted by molar-refractivity contribution is 0.0978. The van der Waals surface area contributed by atoms with Crippen LogP contribution in [0.4, 0.5) is 0 Å². The zero-order chi connectivity index (χ0) is 12.3. The van der Waals surface area contributed by atoms with Crippen LogP contribution in [0.15, 0.2) is 53.8 Å². The average Bonchev–Trinajstić information content (AvgIpc) is 2.84. The molecular formula is C14H17NOSi. The van der Waals surface area contributed by atoms with Crippen LogP contribution in [0, 0.1) is 0 Å². The first-order valence-corrected chi connectivity index (χ1v) is 8.84. The van der Waals surface area contributed by atoms with Gasteiger partial charge in [0.25, 0.3) is 0 Å². The standard InChI is InChI=1S/C14H17NOSi/c1-17(2,13-10-6-7-11-13)15-14(16)12-8-4-3-5-9-12/h3-6,8-11H,7H2,1-2H3,(H,15,16). The predicted molar refractivity (Wildman–Crippen MR) is 73.2 cm³/mol. The highest BCUT2D eigenvalue weighted by Crippen LogP contribution is 2.19. The van der Waals surface area contributed by atoms with Crippen LogP contribution < -0.4 is 4.98 Å². The van der Waals surface area contributed by atoms with Crippen LogP contribution in [0.5, 0.6) is 0 Å². The van der Waals surface area contributed by atoms with E-state index in [-0.39, 0.29) is 5.91 Å². The van der Waals surface area contributed by atoms with E-state index in [0.29, 0.717) is 0 Å². The first-order valence-electron chi connectivity index (χ1n) is 5.84. The van der Waals surface area contributed by atoms with Crippen molar-refractivity contribution in [1.29, 1.82) is 0 Å². The number of hydrogen-bond donors (Lipinski definition) is 1. The van der Waals surface area contributed by atoms with E-state index in [1.807, 2.05) is 30.3 Å². The van der Waals surface area contributed by atoms with E-state index >= 15 is 0 Å². The average molecular weight is 243 g/mol. The summed E-state index contributed by atoms with van der Waals surface area (Å²) in [5.74, 6) is 0.0310. The highest BCUT2D eigenvalue weighted by atomic mass is 28.3. The van der Waals surface area contributed by atoms with Gasteiger partial charge >= 0.3 is 0 Å². The van der Waals surface area contributed by atoms with E-state index in [2.05, 4.69) is 36.3 Å². The smallest absolute Gasteiger partial charge is 0.243 e. The Morgan fingerprint density at radius 2 is 1.94 bits per heavy atom. The van der Waals surface area contributed by atoms with Crippen molar-refractivity contribution < 1.29 is 4.79 Å². The van der Waals surface area contributed by atoms with Crippen LogP contribution >= 0.6 is 0 Å². The summed E-state index contributed by atoms with van der Waals surface area (Å²) < 4.78 is 0.